The zero-order valence-corrected chi connectivity index (χ0v) is 15.2. The molecule has 0 saturated heterocycles. The van der Waals surface area contributed by atoms with Gasteiger partial charge < -0.3 is 10.1 Å². The van der Waals surface area contributed by atoms with Crippen LogP contribution in [-0.4, -0.2) is 22.8 Å². The number of hydrogen-bond donors (Lipinski definition) is 1. The van der Waals surface area contributed by atoms with E-state index < -0.39 is 17.7 Å². The molecule has 0 unspecified atom stereocenters. The molecule has 7 heteroatoms. The van der Waals surface area contributed by atoms with Crippen LogP contribution in [0.5, 0.6) is 5.75 Å². The Bertz CT molecular complexity index is 999. The van der Waals surface area contributed by atoms with Crippen LogP contribution in [-0.2, 0) is 18.3 Å². The Morgan fingerprint density at radius 3 is 2.56 bits per heavy atom. The summed E-state index contributed by atoms with van der Waals surface area (Å²) in [7, 11) is 2.94. The molecule has 27 heavy (non-hydrogen) atoms. The van der Waals surface area contributed by atoms with Gasteiger partial charge in [0.15, 0.2) is 0 Å². The van der Waals surface area contributed by atoms with Crippen LogP contribution < -0.4 is 10.1 Å². The molecule has 1 amide bonds. The molecular weight excluding hydrogens is 352 g/mol. The summed E-state index contributed by atoms with van der Waals surface area (Å²) in [6.45, 7) is 1.65. The van der Waals surface area contributed by atoms with Crippen LogP contribution >= 0.6 is 0 Å². The molecule has 0 fully saturated rings. The lowest BCUT2D eigenvalue weighted by atomic mass is 10.0. The van der Waals surface area contributed by atoms with E-state index >= 15 is 0 Å². The molecule has 0 bridgehead atoms. The van der Waals surface area contributed by atoms with Gasteiger partial charge in [0.25, 0.3) is 0 Å². The predicted molar refractivity (Wildman–Crippen MR) is 98.6 cm³/mol. The average molecular weight is 371 g/mol. The second-order valence-corrected chi connectivity index (χ2v) is 6.09. The lowest BCUT2D eigenvalue weighted by Gasteiger charge is -2.12. The molecule has 0 saturated carbocycles. The fraction of sp³-hybridized carbons (Fsp3) is 0.200. The van der Waals surface area contributed by atoms with Gasteiger partial charge in [0, 0.05) is 35.5 Å². The molecule has 0 spiro atoms. The Morgan fingerprint density at radius 2 is 1.93 bits per heavy atom. The quantitative estimate of drug-likeness (QED) is 0.741. The van der Waals surface area contributed by atoms with Gasteiger partial charge in [-0.1, -0.05) is 18.2 Å². The zero-order valence-electron chi connectivity index (χ0n) is 15.2. The minimum absolute atomic E-state index is 0.162. The molecule has 0 aliphatic rings. The molecule has 0 radical (unpaired) electrons. The number of rotatable bonds is 5. The van der Waals surface area contributed by atoms with E-state index in [-0.39, 0.29) is 12.0 Å². The number of benzene rings is 2. The van der Waals surface area contributed by atoms with Crippen LogP contribution in [0.4, 0.5) is 14.5 Å². The summed E-state index contributed by atoms with van der Waals surface area (Å²) < 4.78 is 34.6. The molecule has 2 aromatic carbocycles. The van der Waals surface area contributed by atoms with Gasteiger partial charge in [-0.25, -0.2) is 9.07 Å². The van der Waals surface area contributed by atoms with E-state index in [1.165, 1.54) is 20.2 Å². The van der Waals surface area contributed by atoms with Crippen molar-refractivity contribution in [2.24, 2.45) is 7.05 Å². The van der Waals surface area contributed by atoms with Crippen molar-refractivity contribution in [2.45, 2.75) is 13.3 Å². The van der Waals surface area contributed by atoms with Crippen LogP contribution in [0.15, 0.2) is 42.5 Å². The molecule has 5 nitrogen and oxygen atoms in total. The molecule has 0 aliphatic heterocycles. The molecule has 3 aromatic rings. The molecule has 0 atom stereocenters. The zero-order chi connectivity index (χ0) is 19.6. The Kier molecular flexibility index (Phi) is 5.21. The molecular formula is C20H19F2N3O2. The van der Waals surface area contributed by atoms with Gasteiger partial charge in [-0.2, -0.15) is 9.49 Å². The highest BCUT2D eigenvalue weighted by Gasteiger charge is 2.18. The number of halogens is 2. The summed E-state index contributed by atoms with van der Waals surface area (Å²) >= 11 is 0. The van der Waals surface area contributed by atoms with Crippen molar-refractivity contribution in [3.8, 4) is 16.9 Å². The van der Waals surface area contributed by atoms with Crippen molar-refractivity contribution in [2.75, 3.05) is 12.4 Å². The fourth-order valence-electron chi connectivity index (χ4n) is 2.90. The highest BCUT2D eigenvalue weighted by molar-refractivity contribution is 5.96. The molecule has 3 rings (SSSR count). The Morgan fingerprint density at radius 1 is 1.19 bits per heavy atom. The summed E-state index contributed by atoms with van der Waals surface area (Å²) in [5, 5.41) is 6.70. The van der Waals surface area contributed by atoms with Crippen molar-refractivity contribution in [1.82, 2.24) is 9.78 Å². The van der Waals surface area contributed by atoms with Crippen LogP contribution in [0.2, 0.25) is 0 Å². The Balaban J connectivity index is 1.87. The number of anilines is 1. The van der Waals surface area contributed by atoms with Crippen LogP contribution in [0, 0.1) is 18.7 Å². The SMILES string of the molecule is COc1ccc(-c2ccccc2NC(=O)Cc2c(C)nn(C)c2F)c(F)c1. The minimum Gasteiger partial charge on any atom is -0.497 e. The van der Waals surface area contributed by atoms with E-state index in [1.54, 1.807) is 43.3 Å². The van der Waals surface area contributed by atoms with E-state index in [1.807, 2.05) is 0 Å². The van der Waals surface area contributed by atoms with Gasteiger partial charge in [0.1, 0.15) is 11.6 Å². The second kappa shape index (κ2) is 7.57. The largest absolute Gasteiger partial charge is 0.497 e. The summed E-state index contributed by atoms with van der Waals surface area (Å²) in [4.78, 5) is 12.4. The number of carbonyl (C=O) groups excluding carboxylic acids is 1. The van der Waals surface area contributed by atoms with E-state index in [0.29, 0.717) is 28.3 Å². The maximum Gasteiger partial charge on any atom is 0.229 e. The molecule has 1 aromatic heterocycles. The first-order chi connectivity index (χ1) is 12.9. The highest BCUT2D eigenvalue weighted by Crippen LogP contribution is 2.32. The predicted octanol–water partition coefficient (Wildman–Crippen LogP) is 3.86. The fourth-order valence-corrected chi connectivity index (χ4v) is 2.90. The van der Waals surface area contributed by atoms with Gasteiger partial charge in [0.05, 0.1) is 19.2 Å². The third-order valence-electron chi connectivity index (χ3n) is 4.27. The first-order valence-electron chi connectivity index (χ1n) is 8.31. The lowest BCUT2D eigenvalue weighted by Crippen LogP contribution is -2.16. The summed E-state index contributed by atoms with van der Waals surface area (Å²) in [6.07, 6.45) is -0.162. The molecule has 1 heterocycles. The van der Waals surface area contributed by atoms with Crippen LogP contribution in [0.3, 0.4) is 0 Å². The van der Waals surface area contributed by atoms with Crippen molar-refractivity contribution >= 4 is 11.6 Å². The topological polar surface area (TPSA) is 56.1 Å². The highest BCUT2D eigenvalue weighted by atomic mass is 19.1. The maximum absolute atomic E-state index is 14.4. The number of nitrogens with zero attached hydrogens (tertiary/aromatic N) is 2. The van der Waals surface area contributed by atoms with Crippen molar-refractivity contribution in [1.29, 1.82) is 0 Å². The van der Waals surface area contributed by atoms with Gasteiger partial charge in [-0.3, -0.25) is 4.79 Å². The minimum atomic E-state index is -0.544. The summed E-state index contributed by atoms with van der Waals surface area (Å²) in [5.41, 5.74) is 1.99. The van der Waals surface area contributed by atoms with Gasteiger partial charge in [0.2, 0.25) is 11.9 Å². The van der Waals surface area contributed by atoms with Crippen LogP contribution in [0.1, 0.15) is 11.3 Å². The molecule has 140 valence electrons. The van der Waals surface area contributed by atoms with E-state index in [4.69, 9.17) is 4.74 Å². The number of carbonyl (C=O) groups is 1. The first kappa shape index (κ1) is 18.6. The Hall–Kier alpha value is -3.22. The standard InChI is InChI=1S/C20H19F2N3O2/c1-12-16(20(22)25(2)24-12)11-19(26)23-18-7-5-4-6-15(18)14-9-8-13(27-3)10-17(14)21/h4-10H,11H2,1-3H3,(H,23,26). The number of hydrogen-bond acceptors (Lipinski definition) is 3. The van der Waals surface area contributed by atoms with Crippen molar-refractivity contribution < 1.29 is 18.3 Å². The van der Waals surface area contributed by atoms with Gasteiger partial charge in [-0.15, -0.1) is 0 Å². The number of ether oxygens (including phenoxy) is 1. The number of aryl methyl sites for hydroxylation is 2. The third-order valence-corrected chi connectivity index (χ3v) is 4.27. The van der Waals surface area contributed by atoms with E-state index in [9.17, 15) is 13.6 Å². The van der Waals surface area contributed by atoms with Crippen molar-refractivity contribution in [3.05, 3.63) is 65.5 Å². The van der Waals surface area contributed by atoms with E-state index in [2.05, 4.69) is 10.4 Å². The van der Waals surface area contributed by atoms with Gasteiger partial charge in [-0.05, 0) is 25.1 Å². The number of methoxy groups -OCH3 is 1. The van der Waals surface area contributed by atoms with E-state index in [0.717, 1.165) is 4.68 Å². The monoisotopic (exact) mass is 371 g/mol. The average Bonchev–Trinajstić information content (AvgIpc) is 2.88. The second-order valence-electron chi connectivity index (χ2n) is 6.09. The first-order valence-corrected chi connectivity index (χ1v) is 8.31. The summed E-state index contributed by atoms with van der Waals surface area (Å²) in [5.74, 6) is -1.02. The van der Waals surface area contributed by atoms with Crippen LogP contribution in [0.25, 0.3) is 11.1 Å². The maximum atomic E-state index is 14.4. The Labute approximate surface area is 155 Å². The van der Waals surface area contributed by atoms with Crippen molar-refractivity contribution in [3.63, 3.8) is 0 Å². The number of para-hydroxylation sites is 1. The molecule has 0 aliphatic carbocycles. The number of nitrogens with one attached hydrogen (secondary N) is 1. The summed E-state index contributed by atoms with van der Waals surface area (Å²) in [6, 6.07) is 11.4. The molecule has 1 N–H and O–H groups in total. The number of amides is 1. The van der Waals surface area contributed by atoms with Gasteiger partial charge >= 0.3 is 0 Å². The smallest absolute Gasteiger partial charge is 0.229 e. The third kappa shape index (κ3) is 3.81. The number of aromatic nitrogens is 2. The normalized spacial score (nSPS) is 10.7. The lowest BCUT2D eigenvalue weighted by molar-refractivity contribution is -0.115.